The van der Waals surface area contributed by atoms with Gasteiger partial charge in [-0.25, -0.2) is 4.98 Å². The van der Waals surface area contributed by atoms with E-state index in [1.165, 1.54) is 0 Å². The maximum Gasteiger partial charge on any atom is 0.272 e. The lowest BCUT2D eigenvalue weighted by Crippen LogP contribution is -2.25. The summed E-state index contributed by atoms with van der Waals surface area (Å²) >= 11 is 5.95. The van der Waals surface area contributed by atoms with Gasteiger partial charge < -0.3 is 9.88 Å². The van der Waals surface area contributed by atoms with Crippen LogP contribution in [0.15, 0.2) is 47.3 Å². The lowest BCUT2D eigenvalue weighted by molar-refractivity contribution is 0.0951. The molecule has 0 aliphatic heterocycles. The Balaban J connectivity index is 1.87. The Bertz CT molecular complexity index is 1010. The van der Waals surface area contributed by atoms with Gasteiger partial charge in [0.2, 0.25) is 0 Å². The standard InChI is InChI=1S/C19H18ClN3O2/c1-3-23-17-8-7-14(10-16(17)22-12(2)19(23)25)18(24)21-11-13-5-4-6-15(20)9-13/h4-10H,3,11H2,1-2H3,(H,21,24). The summed E-state index contributed by atoms with van der Waals surface area (Å²) in [6.45, 7) is 4.53. The minimum Gasteiger partial charge on any atom is -0.348 e. The van der Waals surface area contributed by atoms with E-state index in [0.717, 1.165) is 11.1 Å². The predicted molar refractivity (Wildman–Crippen MR) is 99.0 cm³/mol. The number of aryl methyl sites for hydroxylation is 2. The summed E-state index contributed by atoms with van der Waals surface area (Å²) in [6.07, 6.45) is 0. The second-order valence-electron chi connectivity index (χ2n) is 5.76. The second-order valence-corrected chi connectivity index (χ2v) is 6.20. The first-order valence-electron chi connectivity index (χ1n) is 8.03. The van der Waals surface area contributed by atoms with Gasteiger partial charge in [0.25, 0.3) is 11.5 Å². The van der Waals surface area contributed by atoms with Crippen molar-refractivity contribution >= 4 is 28.5 Å². The molecule has 6 heteroatoms. The molecule has 1 aromatic heterocycles. The van der Waals surface area contributed by atoms with Crippen LogP contribution in [0.3, 0.4) is 0 Å². The number of aromatic nitrogens is 2. The number of fused-ring (bicyclic) bond motifs is 1. The molecule has 1 amide bonds. The van der Waals surface area contributed by atoms with E-state index in [4.69, 9.17) is 11.6 Å². The molecule has 0 fully saturated rings. The molecule has 0 aliphatic rings. The van der Waals surface area contributed by atoms with Crippen LogP contribution >= 0.6 is 11.6 Å². The van der Waals surface area contributed by atoms with Gasteiger partial charge >= 0.3 is 0 Å². The first-order chi connectivity index (χ1) is 12.0. The van der Waals surface area contributed by atoms with E-state index in [2.05, 4.69) is 10.3 Å². The molecule has 0 spiro atoms. The normalized spacial score (nSPS) is 10.8. The summed E-state index contributed by atoms with van der Waals surface area (Å²) in [5.74, 6) is -0.199. The van der Waals surface area contributed by atoms with E-state index in [0.29, 0.717) is 34.9 Å². The molecular formula is C19H18ClN3O2. The molecule has 25 heavy (non-hydrogen) atoms. The molecule has 0 unspecified atom stereocenters. The van der Waals surface area contributed by atoms with Crippen molar-refractivity contribution in [1.29, 1.82) is 0 Å². The van der Waals surface area contributed by atoms with Crippen LogP contribution in [-0.2, 0) is 13.1 Å². The maximum absolute atomic E-state index is 12.4. The van der Waals surface area contributed by atoms with Gasteiger partial charge in [-0.2, -0.15) is 0 Å². The lowest BCUT2D eigenvalue weighted by atomic mass is 10.1. The molecule has 128 valence electrons. The number of carbonyl (C=O) groups excluding carboxylic acids is 1. The van der Waals surface area contributed by atoms with Crippen molar-refractivity contribution in [3.63, 3.8) is 0 Å². The molecule has 5 nitrogen and oxygen atoms in total. The maximum atomic E-state index is 12.4. The van der Waals surface area contributed by atoms with Crippen molar-refractivity contribution in [2.24, 2.45) is 0 Å². The second kappa shape index (κ2) is 7.07. The van der Waals surface area contributed by atoms with Gasteiger partial charge in [0.15, 0.2) is 0 Å². The number of carbonyl (C=O) groups is 1. The zero-order valence-corrected chi connectivity index (χ0v) is 14.8. The monoisotopic (exact) mass is 355 g/mol. The third-order valence-electron chi connectivity index (χ3n) is 4.03. The molecule has 0 bridgehead atoms. The first kappa shape index (κ1) is 17.2. The fourth-order valence-electron chi connectivity index (χ4n) is 2.76. The van der Waals surface area contributed by atoms with Crippen LogP contribution in [0.5, 0.6) is 0 Å². The Labute approximate surface area is 150 Å². The number of benzene rings is 2. The molecule has 1 N–H and O–H groups in total. The van der Waals surface area contributed by atoms with E-state index in [1.807, 2.05) is 25.1 Å². The van der Waals surface area contributed by atoms with Crippen LogP contribution in [-0.4, -0.2) is 15.5 Å². The Kier molecular flexibility index (Phi) is 4.86. The molecule has 0 aliphatic carbocycles. The van der Waals surface area contributed by atoms with Crippen molar-refractivity contribution < 1.29 is 4.79 Å². The average molecular weight is 356 g/mol. The quantitative estimate of drug-likeness (QED) is 0.781. The Morgan fingerprint density at radius 2 is 2.04 bits per heavy atom. The molecule has 0 atom stereocenters. The summed E-state index contributed by atoms with van der Waals surface area (Å²) in [5.41, 5.74) is 3.11. The van der Waals surface area contributed by atoms with E-state index in [9.17, 15) is 9.59 Å². The number of halogens is 1. The van der Waals surface area contributed by atoms with Crippen molar-refractivity contribution in [3.8, 4) is 0 Å². The molecule has 3 rings (SSSR count). The van der Waals surface area contributed by atoms with E-state index in [-0.39, 0.29) is 11.5 Å². The highest BCUT2D eigenvalue weighted by Gasteiger charge is 2.11. The molecule has 0 saturated heterocycles. The van der Waals surface area contributed by atoms with Gasteiger partial charge in [-0.1, -0.05) is 23.7 Å². The van der Waals surface area contributed by atoms with E-state index < -0.39 is 0 Å². The zero-order valence-electron chi connectivity index (χ0n) is 14.0. The van der Waals surface area contributed by atoms with Crippen molar-refractivity contribution in [1.82, 2.24) is 14.9 Å². The minimum atomic E-state index is -0.199. The van der Waals surface area contributed by atoms with Crippen molar-refractivity contribution in [2.45, 2.75) is 26.9 Å². The topological polar surface area (TPSA) is 64.0 Å². The van der Waals surface area contributed by atoms with Gasteiger partial charge in [-0.05, 0) is 49.7 Å². The first-order valence-corrected chi connectivity index (χ1v) is 8.41. The number of nitrogens with zero attached hydrogens (tertiary/aromatic N) is 2. The third kappa shape index (κ3) is 3.56. The van der Waals surface area contributed by atoms with Crippen LogP contribution in [0, 0.1) is 6.92 Å². The summed E-state index contributed by atoms with van der Waals surface area (Å²) in [5, 5.41) is 3.50. The highest BCUT2D eigenvalue weighted by molar-refractivity contribution is 6.30. The van der Waals surface area contributed by atoms with Gasteiger partial charge in [-0.15, -0.1) is 0 Å². The number of hydrogen-bond donors (Lipinski definition) is 1. The van der Waals surface area contributed by atoms with Crippen LogP contribution < -0.4 is 10.9 Å². The molecule has 0 radical (unpaired) electrons. The summed E-state index contributed by atoms with van der Waals surface area (Å²) < 4.78 is 1.66. The fraction of sp³-hybridized carbons (Fsp3) is 0.211. The smallest absolute Gasteiger partial charge is 0.272 e. The van der Waals surface area contributed by atoms with Gasteiger partial charge in [-0.3, -0.25) is 9.59 Å². The van der Waals surface area contributed by atoms with Crippen molar-refractivity contribution in [2.75, 3.05) is 0 Å². The summed E-state index contributed by atoms with van der Waals surface area (Å²) in [6, 6.07) is 12.5. The number of amides is 1. The van der Waals surface area contributed by atoms with Crippen LogP contribution in [0.25, 0.3) is 11.0 Å². The number of hydrogen-bond acceptors (Lipinski definition) is 3. The van der Waals surface area contributed by atoms with Crippen molar-refractivity contribution in [3.05, 3.63) is 74.7 Å². The largest absolute Gasteiger partial charge is 0.348 e. The minimum absolute atomic E-state index is 0.104. The zero-order chi connectivity index (χ0) is 18.0. The van der Waals surface area contributed by atoms with E-state index >= 15 is 0 Å². The molecule has 3 aromatic rings. The van der Waals surface area contributed by atoms with Crippen LogP contribution in [0.1, 0.15) is 28.5 Å². The molecule has 2 aromatic carbocycles. The van der Waals surface area contributed by atoms with Gasteiger partial charge in [0, 0.05) is 23.7 Å². The molecule has 0 saturated carbocycles. The Morgan fingerprint density at radius 3 is 2.76 bits per heavy atom. The Hall–Kier alpha value is -2.66. The molecule has 1 heterocycles. The fourth-order valence-corrected chi connectivity index (χ4v) is 2.97. The average Bonchev–Trinajstić information content (AvgIpc) is 2.60. The SMILES string of the molecule is CCn1c(=O)c(C)nc2cc(C(=O)NCc3cccc(Cl)c3)ccc21. The van der Waals surface area contributed by atoms with Crippen LogP contribution in [0.2, 0.25) is 5.02 Å². The Morgan fingerprint density at radius 1 is 1.24 bits per heavy atom. The molecular weight excluding hydrogens is 338 g/mol. The summed E-state index contributed by atoms with van der Waals surface area (Å²) in [4.78, 5) is 28.9. The van der Waals surface area contributed by atoms with Gasteiger partial charge in [0.05, 0.1) is 11.0 Å². The number of nitrogens with one attached hydrogen (secondary N) is 1. The predicted octanol–water partition coefficient (Wildman–Crippen LogP) is 3.31. The highest BCUT2D eigenvalue weighted by Crippen LogP contribution is 2.14. The third-order valence-corrected chi connectivity index (χ3v) is 4.26. The van der Waals surface area contributed by atoms with E-state index in [1.54, 1.807) is 35.8 Å². The number of rotatable bonds is 4. The lowest BCUT2D eigenvalue weighted by Gasteiger charge is -2.10. The highest BCUT2D eigenvalue weighted by atomic mass is 35.5. The summed E-state index contributed by atoms with van der Waals surface area (Å²) in [7, 11) is 0. The van der Waals surface area contributed by atoms with Crippen LogP contribution in [0.4, 0.5) is 0 Å². The van der Waals surface area contributed by atoms with Gasteiger partial charge in [0.1, 0.15) is 5.69 Å².